The smallest absolute Gasteiger partial charge is 0.331 e. The highest BCUT2D eigenvalue weighted by atomic mass is 16.6. The molecule has 0 heterocycles. The number of aliphatic hydroxyl groups excluding tert-OH is 3. The van der Waals surface area contributed by atoms with Crippen molar-refractivity contribution in [1.82, 2.24) is 0 Å². The van der Waals surface area contributed by atoms with Crippen molar-refractivity contribution in [1.29, 1.82) is 0 Å². The predicted octanol–water partition coefficient (Wildman–Crippen LogP) is -1.58. The van der Waals surface area contributed by atoms with Crippen LogP contribution in [-0.4, -0.2) is 200 Å². The van der Waals surface area contributed by atoms with Crippen LogP contribution in [-0.2, 0) is 76.3 Å². The molecule has 3 N–H and O–H groups in total. The van der Waals surface area contributed by atoms with E-state index in [4.69, 9.17) is 18.9 Å². The van der Waals surface area contributed by atoms with Crippen LogP contribution in [0.25, 0.3) is 0 Å². The Balaban J connectivity index is -0.000000505. The van der Waals surface area contributed by atoms with Gasteiger partial charge in [0.05, 0.1) is 76.5 Å². The summed E-state index contributed by atoms with van der Waals surface area (Å²) in [6.07, 6.45) is 0.248. The first-order valence-electron chi connectivity index (χ1n) is 16.7. The molecule has 0 saturated heterocycles. The van der Waals surface area contributed by atoms with Gasteiger partial charge in [-0.3, -0.25) is 9.59 Å². The molecule has 0 fully saturated rings. The van der Waals surface area contributed by atoms with Crippen molar-refractivity contribution < 1.29 is 101 Å². The largest absolute Gasteiger partial charge is 0.466 e. The van der Waals surface area contributed by atoms with Gasteiger partial charge in [-0.2, -0.15) is 0 Å². The topological polar surface area (TPSA) is 271 Å². The van der Waals surface area contributed by atoms with Gasteiger partial charge >= 0.3 is 47.8 Å². The van der Waals surface area contributed by atoms with Crippen LogP contribution in [0.5, 0.6) is 0 Å². The average molecular weight is 839 g/mol. The molecule has 2 unspecified atom stereocenters. The molecule has 0 spiro atoms. The van der Waals surface area contributed by atoms with Crippen molar-refractivity contribution in [3.8, 4) is 0 Å². The lowest BCUT2D eigenvalue weighted by Crippen LogP contribution is -2.42. The van der Waals surface area contributed by atoms with Crippen LogP contribution in [0.15, 0.2) is 36.5 Å². The van der Waals surface area contributed by atoms with E-state index in [0.29, 0.717) is 22.1 Å². The van der Waals surface area contributed by atoms with Gasteiger partial charge in [-0.1, -0.05) is 0 Å². The second-order valence-corrected chi connectivity index (χ2v) is 13.6. The molecule has 334 valence electrons. The fraction of sp³-hybridized carbons (Fsp3) is 0.568. The molecule has 21 nitrogen and oxygen atoms in total. The summed E-state index contributed by atoms with van der Waals surface area (Å²) in [6.45, 7) is -1.10. The predicted molar refractivity (Wildman–Crippen MR) is 203 cm³/mol. The molecular formula is C37H62N2O19. The third-order valence-corrected chi connectivity index (χ3v) is 5.97. The van der Waals surface area contributed by atoms with Crippen molar-refractivity contribution in [3.63, 3.8) is 0 Å². The number of rotatable bonds is 23. The summed E-state index contributed by atoms with van der Waals surface area (Å²) >= 11 is 0. The van der Waals surface area contributed by atoms with Crippen molar-refractivity contribution in [2.24, 2.45) is 0 Å². The maximum atomic E-state index is 12.0. The van der Waals surface area contributed by atoms with Crippen LogP contribution in [0.1, 0.15) is 12.8 Å². The summed E-state index contributed by atoms with van der Waals surface area (Å²) < 4.78 is 38.2. The molecule has 0 aromatic rings. The van der Waals surface area contributed by atoms with Crippen LogP contribution >= 0.6 is 0 Å². The number of hydrogen-bond acceptors (Lipinski definition) is 19. The van der Waals surface area contributed by atoms with E-state index in [-0.39, 0.29) is 34.3 Å². The number of carbonyl (C=O) groups is 8. The van der Waals surface area contributed by atoms with Crippen molar-refractivity contribution in [3.05, 3.63) is 51.3 Å². The highest BCUT2D eigenvalue weighted by molar-refractivity contribution is 5.93. The fourth-order valence-corrected chi connectivity index (χ4v) is 3.70. The molecule has 0 saturated carbocycles. The molecule has 0 aromatic carbocycles. The monoisotopic (exact) mass is 838 g/mol. The lowest BCUT2D eigenvalue weighted by molar-refractivity contribution is -0.873. The van der Waals surface area contributed by atoms with E-state index in [1.54, 1.807) is 0 Å². The van der Waals surface area contributed by atoms with Gasteiger partial charge in [-0.15, -0.1) is 0 Å². The molecule has 0 amide bonds. The lowest BCUT2D eigenvalue weighted by atomic mass is 10.2. The normalized spacial score (nSPS) is 13.2. The summed E-state index contributed by atoms with van der Waals surface area (Å²) in [6, 6.07) is 0. The zero-order valence-corrected chi connectivity index (χ0v) is 35.2. The van der Waals surface area contributed by atoms with Gasteiger partial charge in [0, 0.05) is 36.5 Å². The summed E-state index contributed by atoms with van der Waals surface area (Å²) in [5.41, 5.74) is 0. The Morgan fingerprint density at radius 2 is 0.741 bits per heavy atom. The SMILES string of the molecule is COC(=O)/C=C/C(=O)OCC(COC(=O)C[C@@H](O)C[N+](C)(C)C)OC(=O)/C=C/C(=O)OC.COC(=O)/C=C/C(=O)OCC(O)COC(=O)C[C@@H](O)C[N+](C)(C)C.[CH3-].[CH3-]. The summed E-state index contributed by atoms with van der Waals surface area (Å²) in [5.74, 6) is -6.47. The number of methoxy groups -OCH3 is 3. The molecule has 0 aliphatic rings. The number of carbonyl (C=O) groups excluding carboxylic acids is 8. The number of esters is 8. The van der Waals surface area contributed by atoms with Crippen molar-refractivity contribution in [2.45, 2.75) is 37.3 Å². The molecule has 0 aromatic heterocycles. The Labute approximate surface area is 339 Å². The Bertz CT molecular complexity index is 1380. The first-order valence-corrected chi connectivity index (χ1v) is 16.7. The van der Waals surface area contributed by atoms with E-state index in [0.717, 1.165) is 57.8 Å². The maximum absolute atomic E-state index is 12.0. The average Bonchev–Trinajstić information content (AvgIpc) is 3.09. The van der Waals surface area contributed by atoms with Crippen LogP contribution in [0.3, 0.4) is 0 Å². The lowest BCUT2D eigenvalue weighted by Gasteiger charge is -2.26. The minimum Gasteiger partial charge on any atom is -0.466 e. The van der Waals surface area contributed by atoms with Gasteiger partial charge in [-0.05, 0) is 0 Å². The van der Waals surface area contributed by atoms with Gasteiger partial charge in [-0.25, -0.2) is 28.8 Å². The standard InChI is InChI=1S/C20H30NO11.C15H26NO8.2CH3/c1-21(2,3)11-14(22)10-20(27)31-13-15(32-19(26)9-7-17(24)29-5)12-30-18(25)8-6-16(23)28-4;1-16(2,3)8-11(17)7-15(21)24-10-12(18)9-23-14(20)6-5-13(19)22-4;;/h6-9,14-15,22H,10-13H2,1-5H3;5-6,11-12,17-18H,7-10H2,1-4H3;2*1H3/q2*+1;2*-1/b8-6+,9-7+;6-5+;;/t14-,15?;11-,12?;;/m11../s1. The highest BCUT2D eigenvalue weighted by Crippen LogP contribution is 2.05. The first kappa shape index (κ1) is 59.5. The van der Waals surface area contributed by atoms with E-state index in [1.165, 1.54) is 0 Å². The number of likely N-dealkylation sites (N-methyl/N-ethyl adjacent to an activating group) is 2. The van der Waals surface area contributed by atoms with Crippen LogP contribution < -0.4 is 0 Å². The number of aliphatic hydroxyl groups is 3. The molecule has 0 rings (SSSR count). The number of quaternary nitrogens is 2. The molecule has 4 atom stereocenters. The van der Waals surface area contributed by atoms with E-state index in [1.807, 2.05) is 42.3 Å². The van der Waals surface area contributed by atoms with Crippen LogP contribution in [0.4, 0.5) is 0 Å². The van der Waals surface area contributed by atoms with Gasteiger partial charge in [0.1, 0.15) is 57.8 Å². The quantitative estimate of drug-likeness (QED) is 0.0344. The highest BCUT2D eigenvalue weighted by Gasteiger charge is 2.23. The van der Waals surface area contributed by atoms with Crippen LogP contribution in [0, 0.1) is 14.9 Å². The Hall–Kier alpha value is -5.22. The number of nitrogens with zero attached hydrogens (tertiary/aromatic N) is 2. The minimum absolute atomic E-state index is 0. The Kier molecular flexibility index (Phi) is 32.6. The molecular weight excluding hydrogens is 776 g/mol. The van der Waals surface area contributed by atoms with E-state index < -0.39 is 92.0 Å². The van der Waals surface area contributed by atoms with E-state index in [9.17, 15) is 53.7 Å². The second-order valence-electron chi connectivity index (χ2n) is 13.6. The van der Waals surface area contributed by atoms with Crippen molar-refractivity contribution >= 4 is 47.8 Å². The zero-order chi connectivity index (χ0) is 43.5. The summed E-state index contributed by atoms with van der Waals surface area (Å²) in [7, 11) is 14.6. The Morgan fingerprint density at radius 1 is 0.448 bits per heavy atom. The zero-order valence-electron chi connectivity index (χ0n) is 35.2. The maximum Gasteiger partial charge on any atom is 0.331 e. The third kappa shape index (κ3) is 37.7. The van der Waals surface area contributed by atoms with Gasteiger partial charge in [0.25, 0.3) is 0 Å². The molecule has 21 heteroatoms. The van der Waals surface area contributed by atoms with Crippen molar-refractivity contribution in [2.75, 3.05) is 103 Å². The number of hydrogen-bond donors (Lipinski definition) is 3. The molecule has 58 heavy (non-hydrogen) atoms. The fourth-order valence-electron chi connectivity index (χ4n) is 3.70. The van der Waals surface area contributed by atoms with Gasteiger partial charge in [0.15, 0.2) is 6.10 Å². The van der Waals surface area contributed by atoms with Gasteiger partial charge < -0.3 is 77.0 Å². The third-order valence-electron chi connectivity index (χ3n) is 5.97. The summed E-state index contributed by atoms with van der Waals surface area (Å²) in [4.78, 5) is 91.0. The molecule has 0 aliphatic heterocycles. The molecule has 0 bridgehead atoms. The minimum atomic E-state index is -1.22. The Morgan fingerprint density at radius 3 is 1.10 bits per heavy atom. The van der Waals surface area contributed by atoms with Gasteiger partial charge in [0.2, 0.25) is 0 Å². The van der Waals surface area contributed by atoms with E-state index in [2.05, 4.69) is 18.9 Å². The number of ether oxygens (including phenoxy) is 8. The molecule has 0 radical (unpaired) electrons. The second kappa shape index (κ2) is 31.8. The van der Waals surface area contributed by atoms with E-state index >= 15 is 0 Å². The molecule has 0 aliphatic carbocycles. The van der Waals surface area contributed by atoms with Crippen LogP contribution in [0.2, 0.25) is 0 Å². The first-order chi connectivity index (χ1) is 25.9. The summed E-state index contributed by atoms with van der Waals surface area (Å²) in [5, 5.41) is 29.2.